The molecule has 2 aromatic rings. The molecule has 7 heteroatoms. The van der Waals surface area contributed by atoms with E-state index >= 15 is 0 Å². The Labute approximate surface area is 163 Å². The van der Waals surface area contributed by atoms with E-state index in [4.69, 9.17) is 9.47 Å². The van der Waals surface area contributed by atoms with Gasteiger partial charge in [-0.3, -0.25) is 4.79 Å². The molecule has 3 rings (SSSR count). The van der Waals surface area contributed by atoms with Crippen LogP contribution in [-0.2, 0) is 14.3 Å². The first-order valence-corrected chi connectivity index (χ1v) is 9.15. The van der Waals surface area contributed by atoms with Gasteiger partial charge < -0.3 is 19.3 Å². The standard InChI is InChI=1S/C21H23FN2O4/c1-16-6-8-17(9-7-16)27-15-21(26)28-14-20(25)24-12-10-23(11-13-24)19-5-3-2-4-18(19)22/h2-9H,10-15H2,1H3. The van der Waals surface area contributed by atoms with E-state index in [1.807, 2.05) is 24.0 Å². The number of anilines is 1. The van der Waals surface area contributed by atoms with Crippen molar-refractivity contribution in [2.24, 2.45) is 0 Å². The predicted octanol–water partition coefficient (Wildman–Crippen LogP) is 2.40. The van der Waals surface area contributed by atoms with E-state index in [1.165, 1.54) is 6.07 Å². The molecule has 1 fully saturated rings. The molecule has 6 nitrogen and oxygen atoms in total. The number of aryl methyl sites for hydroxylation is 1. The third-order valence-corrected chi connectivity index (χ3v) is 4.56. The SMILES string of the molecule is Cc1ccc(OCC(=O)OCC(=O)N2CCN(c3ccccc3F)CC2)cc1. The van der Waals surface area contributed by atoms with Gasteiger partial charge in [0, 0.05) is 26.2 Å². The van der Waals surface area contributed by atoms with Crippen LogP contribution in [0.25, 0.3) is 0 Å². The molecule has 2 aromatic carbocycles. The Bertz CT molecular complexity index is 817. The number of carbonyl (C=O) groups is 2. The molecule has 0 radical (unpaired) electrons. The molecule has 0 bridgehead atoms. The molecule has 1 aliphatic rings. The van der Waals surface area contributed by atoms with Crippen LogP contribution in [0.1, 0.15) is 5.56 Å². The Morgan fingerprint density at radius 3 is 2.32 bits per heavy atom. The van der Waals surface area contributed by atoms with Crippen LogP contribution >= 0.6 is 0 Å². The molecule has 1 amide bonds. The van der Waals surface area contributed by atoms with E-state index in [2.05, 4.69) is 0 Å². The molecular formula is C21H23FN2O4. The number of amides is 1. The average molecular weight is 386 g/mol. The maximum atomic E-state index is 13.9. The molecule has 148 valence electrons. The van der Waals surface area contributed by atoms with E-state index in [1.54, 1.807) is 35.2 Å². The van der Waals surface area contributed by atoms with Crippen molar-refractivity contribution in [1.82, 2.24) is 4.90 Å². The summed E-state index contributed by atoms with van der Waals surface area (Å²) in [4.78, 5) is 27.5. The fourth-order valence-electron chi connectivity index (χ4n) is 2.96. The van der Waals surface area contributed by atoms with Gasteiger partial charge in [0.25, 0.3) is 5.91 Å². The first-order valence-electron chi connectivity index (χ1n) is 9.15. The number of nitrogens with zero attached hydrogens (tertiary/aromatic N) is 2. The first kappa shape index (κ1) is 19.7. The Morgan fingerprint density at radius 2 is 1.64 bits per heavy atom. The minimum atomic E-state index is -0.598. The number of piperazine rings is 1. The summed E-state index contributed by atoms with van der Waals surface area (Å²) in [5.74, 6) is -0.571. The highest BCUT2D eigenvalue weighted by Gasteiger charge is 2.23. The van der Waals surface area contributed by atoms with Gasteiger partial charge in [-0.05, 0) is 31.2 Å². The molecule has 0 aromatic heterocycles. The van der Waals surface area contributed by atoms with Gasteiger partial charge in [-0.25, -0.2) is 9.18 Å². The minimum Gasteiger partial charge on any atom is -0.482 e. The summed E-state index contributed by atoms with van der Waals surface area (Å²) in [7, 11) is 0. The number of rotatable bonds is 6. The third-order valence-electron chi connectivity index (χ3n) is 4.56. The van der Waals surface area contributed by atoms with Crippen molar-refractivity contribution in [2.75, 3.05) is 44.3 Å². The number of para-hydroxylation sites is 1. The van der Waals surface area contributed by atoms with Crippen molar-refractivity contribution >= 4 is 17.6 Å². The van der Waals surface area contributed by atoms with Crippen molar-refractivity contribution in [3.8, 4) is 5.75 Å². The number of halogens is 1. The van der Waals surface area contributed by atoms with Crippen LogP contribution in [-0.4, -0.2) is 56.2 Å². The first-order chi connectivity index (χ1) is 13.5. The van der Waals surface area contributed by atoms with Gasteiger partial charge in [-0.2, -0.15) is 0 Å². The molecule has 0 aliphatic carbocycles. The van der Waals surface area contributed by atoms with Crippen LogP contribution in [0.15, 0.2) is 48.5 Å². The number of hydrogen-bond donors (Lipinski definition) is 0. The second kappa shape index (κ2) is 9.21. The molecule has 28 heavy (non-hydrogen) atoms. The normalized spacial score (nSPS) is 13.9. The van der Waals surface area contributed by atoms with Gasteiger partial charge >= 0.3 is 5.97 Å². The molecule has 0 N–H and O–H groups in total. The summed E-state index contributed by atoms with van der Waals surface area (Å²) in [6.45, 7) is 3.33. The van der Waals surface area contributed by atoms with E-state index in [0.717, 1.165) is 5.56 Å². The van der Waals surface area contributed by atoms with Crippen molar-refractivity contribution < 1.29 is 23.5 Å². The smallest absolute Gasteiger partial charge is 0.344 e. The molecule has 1 saturated heterocycles. The van der Waals surface area contributed by atoms with Crippen LogP contribution in [0.3, 0.4) is 0 Å². The summed E-state index contributed by atoms with van der Waals surface area (Å²) in [6, 6.07) is 13.9. The maximum absolute atomic E-state index is 13.9. The fraction of sp³-hybridized carbons (Fsp3) is 0.333. The van der Waals surface area contributed by atoms with Crippen LogP contribution in [0.2, 0.25) is 0 Å². The summed E-state index contributed by atoms with van der Waals surface area (Å²) in [6.07, 6.45) is 0. The quantitative estimate of drug-likeness (QED) is 0.714. The van der Waals surface area contributed by atoms with Crippen LogP contribution < -0.4 is 9.64 Å². The lowest BCUT2D eigenvalue weighted by atomic mass is 10.2. The number of hydrogen-bond acceptors (Lipinski definition) is 5. The molecule has 0 unspecified atom stereocenters. The van der Waals surface area contributed by atoms with Crippen molar-refractivity contribution in [3.05, 3.63) is 59.9 Å². The van der Waals surface area contributed by atoms with E-state index in [0.29, 0.717) is 37.6 Å². The lowest BCUT2D eigenvalue weighted by Crippen LogP contribution is -2.50. The summed E-state index contributed by atoms with van der Waals surface area (Å²) < 4.78 is 24.2. The molecule has 1 heterocycles. The lowest BCUT2D eigenvalue weighted by molar-refractivity contribution is -0.153. The van der Waals surface area contributed by atoms with Crippen LogP contribution in [0, 0.1) is 12.7 Å². The zero-order chi connectivity index (χ0) is 19.9. The topological polar surface area (TPSA) is 59.1 Å². The lowest BCUT2D eigenvalue weighted by Gasteiger charge is -2.36. The zero-order valence-corrected chi connectivity index (χ0v) is 15.8. The number of benzene rings is 2. The van der Waals surface area contributed by atoms with E-state index < -0.39 is 5.97 Å². The second-order valence-corrected chi connectivity index (χ2v) is 6.58. The molecule has 1 aliphatic heterocycles. The van der Waals surface area contributed by atoms with Crippen LogP contribution in [0.4, 0.5) is 10.1 Å². The summed E-state index contributed by atoms with van der Waals surface area (Å²) in [5, 5.41) is 0. The van der Waals surface area contributed by atoms with Gasteiger partial charge in [-0.1, -0.05) is 29.8 Å². The van der Waals surface area contributed by atoms with Gasteiger partial charge in [-0.15, -0.1) is 0 Å². The maximum Gasteiger partial charge on any atom is 0.344 e. The Balaban J connectivity index is 1.39. The highest BCUT2D eigenvalue weighted by molar-refractivity contribution is 5.81. The highest BCUT2D eigenvalue weighted by Crippen LogP contribution is 2.20. The van der Waals surface area contributed by atoms with Crippen LogP contribution in [0.5, 0.6) is 5.75 Å². The Hall–Kier alpha value is -3.09. The van der Waals surface area contributed by atoms with E-state index in [9.17, 15) is 14.0 Å². The van der Waals surface area contributed by atoms with Crippen molar-refractivity contribution in [2.45, 2.75) is 6.92 Å². The van der Waals surface area contributed by atoms with Gasteiger partial charge in [0.05, 0.1) is 5.69 Å². The number of ether oxygens (including phenoxy) is 2. The van der Waals surface area contributed by atoms with Gasteiger partial charge in [0.2, 0.25) is 0 Å². The average Bonchev–Trinajstić information content (AvgIpc) is 2.72. The molecule has 0 spiro atoms. The largest absolute Gasteiger partial charge is 0.482 e. The fourth-order valence-corrected chi connectivity index (χ4v) is 2.96. The monoisotopic (exact) mass is 386 g/mol. The van der Waals surface area contributed by atoms with Crippen molar-refractivity contribution in [3.63, 3.8) is 0 Å². The Morgan fingerprint density at radius 1 is 0.964 bits per heavy atom. The van der Waals surface area contributed by atoms with Crippen molar-refractivity contribution in [1.29, 1.82) is 0 Å². The second-order valence-electron chi connectivity index (χ2n) is 6.58. The Kier molecular flexibility index (Phi) is 6.47. The summed E-state index contributed by atoms with van der Waals surface area (Å²) in [5.41, 5.74) is 1.63. The number of esters is 1. The van der Waals surface area contributed by atoms with Gasteiger partial charge in [0.1, 0.15) is 11.6 Å². The van der Waals surface area contributed by atoms with Gasteiger partial charge in [0.15, 0.2) is 13.2 Å². The minimum absolute atomic E-state index is 0.253. The molecule has 0 atom stereocenters. The third kappa shape index (κ3) is 5.22. The highest BCUT2D eigenvalue weighted by atomic mass is 19.1. The zero-order valence-electron chi connectivity index (χ0n) is 15.8. The molecular weight excluding hydrogens is 363 g/mol. The summed E-state index contributed by atoms with van der Waals surface area (Å²) >= 11 is 0. The predicted molar refractivity (Wildman–Crippen MR) is 103 cm³/mol. The molecule has 0 saturated carbocycles. The number of carbonyl (C=O) groups excluding carboxylic acids is 2. The van der Waals surface area contributed by atoms with E-state index in [-0.39, 0.29) is 24.9 Å².